The van der Waals surface area contributed by atoms with E-state index in [0.29, 0.717) is 18.2 Å². The molecule has 5 heteroatoms. The summed E-state index contributed by atoms with van der Waals surface area (Å²) in [7, 11) is 3.10. The molecule has 0 radical (unpaired) electrons. The number of benzene rings is 2. The number of aliphatic imine (C=N–C) groups is 1. The van der Waals surface area contributed by atoms with Gasteiger partial charge in [-0.25, -0.2) is 0 Å². The SMILES string of the molecule is CN=C(N)C(=NOC)c1ccccc1COc1ccc(C)c(C)c1. The van der Waals surface area contributed by atoms with Gasteiger partial charge in [0.15, 0.2) is 5.71 Å². The van der Waals surface area contributed by atoms with Gasteiger partial charge in [0.2, 0.25) is 0 Å². The van der Waals surface area contributed by atoms with Gasteiger partial charge in [-0.05, 0) is 42.7 Å². The van der Waals surface area contributed by atoms with E-state index in [9.17, 15) is 0 Å². The van der Waals surface area contributed by atoms with Gasteiger partial charge in [0.25, 0.3) is 0 Å². The van der Waals surface area contributed by atoms with Gasteiger partial charge < -0.3 is 15.3 Å². The predicted octanol–water partition coefficient (Wildman–Crippen LogP) is 3.22. The first kappa shape index (κ1) is 17.5. The predicted molar refractivity (Wildman–Crippen MR) is 97.8 cm³/mol. The molecule has 0 amide bonds. The molecule has 2 aromatic carbocycles. The molecule has 24 heavy (non-hydrogen) atoms. The van der Waals surface area contributed by atoms with Crippen molar-refractivity contribution in [3.05, 3.63) is 64.7 Å². The van der Waals surface area contributed by atoms with Crippen molar-refractivity contribution in [2.45, 2.75) is 20.5 Å². The fourth-order valence-corrected chi connectivity index (χ4v) is 2.27. The maximum absolute atomic E-state index is 5.95. The molecule has 0 fully saturated rings. The number of hydrogen-bond donors (Lipinski definition) is 1. The lowest BCUT2D eigenvalue weighted by Crippen LogP contribution is -2.26. The Hall–Kier alpha value is -2.82. The summed E-state index contributed by atoms with van der Waals surface area (Å²) in [6, 6.07) is 13.8. The second-order valence-corrected chi connectivity index (χ2v) is 5.42. The average molecular weight is 325 g/mol. The van der Waals surface area contributed by atoms with E-state index in [4.69, 9.17) is 15.3 Å². The second-order valence-electron chi connectivity index (χ2n) is 5.42. The zero-order valence-corrected chi connectivity index (χ0v) is 14.5. The van der Waals surface area contributed by atoms with Gasteiger partial charge in [-0.2, -0.15) is 0 Å². The molecule has 0 saturated heterocycles. The molecule has 2 rings (SSSR count). The number of aryl methyl sites for hydroxylation is 2. The number of nitrogens with zero attached hydrogens (tertiary/aromatic N) is 2. The van der Waals surface area contributed by atoms with E-state index in [2.05, 4.69) is 30.1 Å². The third kappa shape index (κ3) is 4.13. The van der Waals surface area contributed by atoms with Gasteiger partial charge in [0, 0.05) is 12.6 Å². The lowest BCUT2D eigenvalue weighted by molar-refractivity contribution is 0.214. The minimum Gasteiger partial charge on any atom is -0.489 e. The number of oxime groups is 1. The molecule has 126 valence electrons. The van der Waals surface area contributed by atoms with E-state index in [0.717, 1.165) is 16.9 Å². The maximum Gasteiger partial charge on any atom is 0.152 e. The van der Waals surface area contributed by atoms with Crippen LogP contribution < -0.4 is 10.5 Å². The largest absolute Gasteiger partial charge is 0.489 e. The van der Waals surface area contributed by atoms with Crippen LogP contribution in [0.15, 0.2) is 52.6 Å². The molecule has 0 aromatic heterocycles. The van der Waals surface area contributed by atoms with Crippen molar-refractivity contribution in [1.82, 2.24) is 0 Å². The van der Waals surface area contributed by atoms with E-state index in [1.54, 1.807) is 7.05 Å². The Morgan fingerprint density at radius 3 is 2.50 bits per heavy atom. The Morgan fingerprint density at radius 2 is 1.83 bits per heavy atom. The molecule has 0 aliphatic rings. The first-order valence-corrected chi connectivity index (χ1v) is 7.69. The van der Waals surface area contributed by atoms with Crippen molar-refractivity contribution in [3.63, 3.8) is 0 Å². The fraction of sp³-hybridized carbons (Fsp3) is 0.263. The highest BCUT2D eigenvalue weighted by Crippen LogP contribution is 2.19. The van der Waals surface area contributed by atoms with Gasteiger partial charge in [0.1, 0.15) is 25.3 Å². The number of ether oxygens (including phenoxy) is 1. The molecule has 0 atom stereocenters. The molecule has 0 unspecified atom stereocenters. The Kier molecular flexibility index (Phi) is 5.95. The summed E-state index contributed by atoms with van der Waals surface area (Å²) in [4.78, 5) is 8.92. The molecule has 2 aromatic rings. The lowest BCUT2D eigenvalue weighted by atomic mass is 10.0. The summed E-state index contributed by atoms with van der Waals surface area (Å²) in [6.45, 7) is 4.55. The van der Waals surface area contributed by atoms with Gasteiger partial charge in [0.05, 0.1) is 0 Å². The molecule has 2 N–H and O–H groups in total. The van der Waals surface area contributed by atoms with E-state index in [1.807, 2.05) is 36.4 Å². The minimum absolute atomic E-state index is 0.315. The smallest absolute Gasteiger partial charge is 0.152 e. The first-order valence-electron chi connectivity index (χ1n) is 7.69. The Labute approximate surface area is 142 Å². The molecule has 0 heterocycles. The van der Waals surface area contributed by atoms with Gasteiger partial charge >= 0.3 is 0 Å². The number of hydrogen-bond acceptors (Lipinski definition) is 4. The third-order valence-corrected chi connectivity index (χ3v) is 3.81. The Morgan fingerprint density at radius 1 is 1.08 bits per heavy atom. The third-order valence-electron chi connectivity index (χ3n) is 3.81. The molecule has 0 spiro atoms. The molecule has 0 saturated carbocycles. The highest BCUT2D eigenvalue weighted by Gasteiger charge is 2.14. The van der Waals surface area contributed by atoms with Crippen LogP contribution in [0.4, 0.5) is 0 Å². The van der Waals surface area contributed by atoms with Gasteiger partial charge in [-0.1, -0.05) is 35.5 Å². The van der Waals surface area contributed by atoms with Crippen LogP contribution >= 0.6 is 0 Å². The summed E-state index contributed by atoms with van der Waals surface area (Å²) in [5.41, 5.74) is 10.7. The Bertz CT molecular complexity index is 767. The van der Waals surface area contributed by atoms with Crippen LogP contribution in [0.3, 0.4) is 0 Å². The molecule has 0 aliphatic carbocycles. The van der Waals surface area contributed by atoms with Crippen molar-refractivity contribution in [3.8, 4) is 5.75 Å². The van der Waals surface area contributed by atoms with Crippen molar-refractivity contribution in [2.24, 2.45) is 15.9 Å². The van der Waals surface area contributed by atoms with Crippen LogP contribution in [0.5, 0.6) is 5.75 Å². The quantitative estimate of drug-likeness (QED) is 0.504. The van der Waals surface area contributed by atoms with E-state index in [-0.39, 0.29) is 0 Å². The van der Waals surface area contributed by atoms with Crippen molar-refractivity contribution in [1.29, 1.82) is 0 Å². The van der Waals surface area contributed by atoms with E-state index >= 15 is 0 Å². The summed E-state index contributed by atoms with van der Waals surface area (Å²) >= 11 is 0. The monoisotopic (exact) mass is 325 g/mol. The summed E-state index contributed by atoms with van der Waals surface area (Å²) in [6.07, 6.45) is 0. The minimum atomic E-state index is 0.315. The van der Waals surface area contributed by atoms with Crippen LogP contribution in [0, 0.1) is 13.8 Å². The summed E-state index contributed by atoms with van der Waals surface area (Å²) < 4.78 is 5.93. The number of nitrogens with two attached hydrogens (primary N) is 1. The lowest BCUT2D eigenvalue weighted by Gasteiger charge is -2.13. The average Bonchev–Trinajstić information content (AvgIpc) is 2.60. The van der Waals surface area contributed by atoms with Crippen LogP contribution in [-0.2, 0) is 11.4 Å². The van der Waals surface area contributed by atoms with E-state index in [1.165, 1.54) is 18.2 Å². The molecular formula is C19H23N3O2. The molecule has 0 aliphatic heterocycles. The molecule has 0 bridgehead atoms. The normalized spacial score (nSPS) is 12.2. The maximum atomic E-state index is 5.95. The van der Waals surface area contributed by atoms with Crippen molar-refractivity contribution in [2.75, 3.05) is 14.2 Å². The molecule has 5 nitrogen and oxygen atoms in total. The van der Waals surface area contributed by atoms with Gasteiger partial charge in [-0.3, -0.25) is 4.99 Å². The van der Waals surface area contributed by atoms with E-state index < -0.39 is 0 Å². The standard InChI is InChI=1S/C19H23N3O2/c1-13-9-10-16(11-14(13)2)24-12-15-7-5-6-8-17(15)18(22-23-4)19(20)21-3/h5-11H,12H2,1-4H3,(H2,20,21). The highest BCUT2D eigenvalue weighted by molar-refractivity contribution is 6.47. The number of amidine groups is 1. The van der Waals surface area contributed by atoms with Crippen LogP contribution in [0.25, 0.3) is 0 Å². The van der Waals surface area contributed by atoms with Crippen molar-refractivity contribution < 1.29 is 9.57 Å². The van der Waals surface area contributed by atoms with Crippen LogP contribution in [0.2, 0.25) is 0 Å². The van der Waals surface area contributed by atoms with Gasteiger partial charge in [-0.15, -0.1) is 0 Å². The summed E-state index contributed by atoms with van der Waals surface area (Å²) in [5, 5.41) is 4.01. The molecular weight excluding hydrogens is 302 g/mol. The first-order chi connectivity index (χ1) is 11.6. The number of rotatable bonds is 6. The fourth-order valence-electron chi connectivity index (χ4n) is 2.27. The van der Waals surface area contributed by atoms with Crippen LogP contribution in [-0.4, -0.2) is 25.7 Å². The zero-order chi connectivity index (χ0) is 17.5. The second kappa shape index (κ2) is 8.15. The van der Waals surface area contributed by atoms with Crippen molar-refractivity contribution >= 4 is 11.5 Å². The topological polar surface area (TPSA) is 69.2 Å². The highest BCUT2D eigenvalue weighted by atomic mass is 16.6. The summed E-state index contributed by atoms with van der Waals surface area (Å²) in [5.74, 6) is 1.14. The Balaban J connectivity index is 2.28. The van der Waals surface area contributed by atoms with Crippen LogP contribution in [0.1, 0.15) is 22.3 Å². The zero-order valence-electron chi connectivity index (χ0n) is 14.5.